The molecule has 4 rings (SSSR count). The summed E-state index contributed by atoms with van der Waals surface area (Å²) >= 11 is 3.56. The van der Waals surface area contributed by atoms with Crippen molar-refractivity contribution in [3.8, 4) is 0 Å². The van der Waals surface area contributed by atoms with Crippen LogP contribution in [-0.4, -0.2) is 50.3 Å². The van der Waals surface area contributed by atoms with Crippen molar-refractivity contribution in [1.82, 2.24) is 5.32 Å². The van der Waals surface area contributed by atoms with Gasteiger partial charge in [-0.05, 0) is 59.1 Å². The predicted octanol–water partition coefficient (Wildman–Crippen LogP) is 4.13. The van der Waals surface area contributed by atoms with Crippen LogP contribution in [0.4, 0.5) is 26.2 Å². The van der Waals surface area contributed by atoms with Crippen LogP contribution >= 0.6 is 15.9 Å². The molecule has 0 aromatic heterocycles. The van der Waals surface area contributed by atoms with Gasteiger partial charge in [0.1, 0.15) is 11.9 Å². The number of hydrogen-bond donors (Lipinski definition) is 2. The van der Waals surface area contributed by atoms with Crippen LogP contribution in [0, 0.1) is 5.82 Å². The molecule has 2 heterocycles. The lowest BCUT2D eigenvalue weighted by molar-refractivity contribution is -0.119. The van der Waals surface area contributed by atoms with Crippen LogP contribution in [0.5, 0.6) is 0 Å². The maximum atomic E-state index is 15.0. The minimum Gasteiger partial charge on any atom is -0.442 e. The maximum absolute atomic E-state index is 15.0. The number of anilines is 3. The minimum atomic E-state index is -0.536. The van der Waals surface area contributed by atoms with Crippen LogP contribution in [-0.2, 0) is 9.53 Å². The van der Waals surface area contributed by atoms with Crippen molar-refractivity contribution in [2.75, 3.05) is 41.3 Å². The third-order valence-electron chi connectivity index (χ3n) is 5.76. The van der Waals surface area contributed by atoms with Crippen LogP contribution in [0.2, 0.25) is 0 Å². The number of halogens is 2. The van der Waals surface area contributed by atoms with Crippen LogP contribution in [0.3, 0.4) is 0 Å². The highest BCUT2D eigenvalue weighted by atomic mass is 79.9. The van der Waals surface area contributed by atoms with Crippen molar-refractivity contribution in [2.45, 2.75) is 31.9 Å². The number of hydrogen-bond acceptors (Lipinski definition) is 5. The van der Waals surface area contributed by atoms with Crippen molar-refractivity contribution >= 4 is 45.0 Å². The Balaban J connectivity index is 1.35. The molecular weight excluding hydrogens is 479 g/mol. The highest BCUT2D eigenvalue weighted by molar-refractivity contribution is 9.10. The third kappa shape index (κ3) is 5.15. The molecule has 9 heteroatoms. The monoisotopic (exact) mass is 504 g/mol. The summed E-state index contributed by atoms with van der Waals surface area (Å²) in [6, 6.07) is 13.2. The Bertz CT molecular complexity index is 997. The van der Waals surface area contributed by atoms with E-state index in [1.165, 1.54) is 17.9 Å². The van der Waals surface area contributed by atoms with Gasteiger partial charge in [0, 0.05) is 36.2 Å². The number of amides is 2. The second-order valence-electron chi connectivity index (χ2n) is 8.07. The standard InChI is InChI=1S/C23H26BrFN4O3/c1-15(30)26-13-18-14-29(23(31)32-18)17-6-7-22(20(25)12-17)28-10-8-16(9-11-28)27-21-5-3-2-4-19(21)24/h2-7,12,16,18,27H,8-11,13-14H2,1H3,(H,26,30)/t18-/m0/s1. The zero-order valence-electron chi connectivity index (χ0n) is 17.8. The van der Waals surface area contributed by atoms with Gasteiger partial charge in [0.15, 0.2) is 0 Å². The smallest absolute Gasteiger partial charge is 0.414 e. The number of nitrogens with zero attached hydrogens (tertiary/aromatic N) is 2. The van der Waals surface area contributed by atoms with Crippen molar-refractivity contribution in [1.29, 1.82) is 0 Å². The van der Waals surface area contributed by atoms with E-state index in [2.05, 4.69) is 26.6 Å². The van der Waals surface area contributed by atoms with Gasteiger partial charge in [-0.3, -0.25) is 9.69 Å². The molecule has 2 saturated heterocycles. The van der Waals surface area contributed by atoms with Gasteiger partial charge in [-0.1, -0.05) is 12.1 Å². The van der Waals surface area contributed by atoms with Crippen molar-refractivity contribution < 1.29 is 18.7 Å². The first-order chi connectivity index (χ1) is 15.4. The van der Waals surface area contributed by atoms with Gasteiger partial charge in [0.25, 0.3) is 0 Å². The van der Waals surface area contributed by atoms with E-state index in [1.54, 1.807) is 12.1 Å². The Kier molecular flexibility index (Phi) is 6.83. The molecule has 2 aliphatic heterocycles. The topological polar surface area (TPSA) is 73.9 Å². The fraction of sp³-hybridized carbons (Fsp3) is 0.391. The van der Waals surface area contributed by atoms with Crippen LogP contribution in [0.1, 0.15) is 19.8 Å². The first kappa shape index (κ1) is 22.4. The second-order valence-corrected chi connectivity index (χ2v) is 8.93. The van der Waals surface area contributed by atoms with E-state index in [4.69, 9.17) is 4.74 Å². The van der Waals surface area contributed by atoms with Gasteiger partial charge >= 0.3 is 6.09 Å². The number of piperidine rings is 1. The van der Waals surface area contributed by atoms with E-state index in [0.717, 1.165) is 36.1 Å². The third-order valence-corrected chi connectivity index (χ3v) is 6.46. The molecule has 0 unspecified atom stereocenters. The van der Waals surface area contributed by atoms with Gasteiger partial charge in [0.05, 0.1) is 24.5 Å². The molecule has 2 aromatic carbocycles. The zero-order valence-corrected chi connectivity index (χ0v) is 19.4. The van der Waals surface area contributed by atoms with E-state index in [9.17, 15) is 14.0 Å². The van der Waals surface area contributed by atoms with Crippen LogP contribution in [0.25, 0.3) is 0 Å². The van der Waals surface area contributed by atoms with Crippen molar-refractivity contribution in [2.24, 2.45) is 0 Å². The van der Waals surface area contributed by atoms with E-state index in [1.807, 2.05) is 29.2 Å². The van der Waals surface area contributed by atoms with Gasteiger partial charge in [0.2, 0.25) is 5.91 Å². The first-order valence-corrected chi connectivity index (χ1v) is 11.5. The number of carbonyl (C=O) groups is 2. The Hall–Kier alpha value is -2.81. The SMILES string of the molecule is CC(=O)NC[C@H]1CN(c2ccc(N3CCC(Nc4ccccc4Br)CC3)c(F)c2)C(=O)O1. The van der Waals surface area contributed by atoms with Crippen molar-refractivity contribution in [3.05, 3.63) is 52.8 Å². The predicted molar refractivity (Wildman–Crippen MR) is 126 cm³/mol. The molecule has 0 bridgehead atoms. The van der Waals surface area contributed by atoms with Crippen LogP contribution in [0.15, 0.2) is 46.9 Å². The zero-order chi connectivity index (χ0) is 22.7. The van der Waals surface area contributed by atoms with E-state index < -0.39 is 12.2 Å². The average Bonchev–Trinajstić information content (AvgIpc) is 3.15. The Morgan fingerprint density at radius 2 is 1.97 bits per heavy atom. The van der Waals surface area contributed by atoms with E-state index in [-0.39, 0.29) is 24.8 Å². The lowest BCUT2D eigenvalue weighted by Crippen LogP contribution is -2.39. The number of benzene rings is 2. The van der Waals surface area contributed by atoms with E-state index in [0.29, 0.717) is 17.4 Å². The Labute approximate surface area is 195 Å². The number of nitrogens with one attached hydrogen (secondary N) is 2. The molecule has 0 spiro atoms. The quantitative estimate of drug-likeness (QED) is 0.618. The summed E-state index contributed by atoms with van der Waals surface area (Å²) in [6.07, 6.45) is 0.800. The Morgan fingerprint density at radius 1 is 1.22 bits per heavy atom. The summed E-state index contributed by atoms with van der Waals surface area (Å²) in [7, 11) is 0. The van der Waals surface area contributed by atoms with Gasteiger partial charge in [-0.25, -0.2) is 9.18 Å². The molecule has 2 fully saturated rings. The molecule has 0 saturated carbocycles. The molecule has 0 radical (unpaired) electrons. The molecule has 7 nitrogen and oxygen atoms in total. The summed E-state index contributed by atoms with van der Waals surface area (Å²) in [5, 5.41) is 6.19. The molecule has 170 valence electrons. The average molecular weight is 505 g/mol. The fourth-order valence-electron chi connectivity index (χ4n) is 4.08. The second kappa shape index (κ2) is 9.77. The summed E-state index contributed by atoms with van der Waals surface area (Å²) in [5.41, 5.74) is 2.05. The highest BCUT2D eigenvalue weighted by Crippen LogP contribution is 2.30. The first-order valence-electron chi connectivity index (χ1n) is 10.7. The molecular formula is C23H26BrFN4O3. The number of para-hydroxylation sites is 1. The lowest BCUT2D eigenvalue weighted by atomic mass is 10.0. The minimum absolute atomic E-state index is 0.190. The summed E-state index contributed by atoms with van der Waals surface area (Å²) in [6.45, 7) is 3.39. The summed E-state index contributed by atoms with van der Waals surface area (Å²) < 4.78 is 21.3. The molecule has 2 N–H and O–H groups in total. The number of carbonyl (C=O) groups excluding carboxylic acids is 2. The molecule has 1 atom stereocenters. The van der Waals surface area contributed by atoms with E-state index >= 15 is 0 Å². The molecule has 0 aliphatic carbocycles. The van der Waals surface area contributed by atoms with Gasteiger partial charge in [-0.2, -0.15) is 0 Å². The largest absolute Gasteiger partial charge is 0.442 e. The van der Waals surface area contributed by atoms with Crippen LogP contribution < -0.4 is 20.4 Å². The normalized spacial score (nSPS) is 19.1. The highest BCUT2D eigenvalue weighted by Gasteiger charge is 2.33. The van der Waals surface area contributed by atoms with Gasteiger partial charge < -0.3 is 20.3 Å². The number of rotatable bonds is 6. The van der Waals surface area contributed by atoms with Gasteiger partial charge in [-0.15, -0.1) is 0 Å². The molecule has 2 aromatic rings. The Morgan fingerprint density at radius 3 is 2.66 bits per heavy atom. The molecule has 2 aliphatic rings. The number of cyclic esters (lactones) is 1. The lowest BCUT2D eigenvalue weighted by Gasteiger charge is -2.35. The number of ether oxygens (including phenoxy) is 1. The fourth-order valence-corrected chi connectivity index (χ4v) is 4.48. The van der Waals surface area contributed by atoms with Crippen molar-refractivity contribution in [3.63, 3.8) is 0 Å². The molecule has 2 amide bonds. The maximum Gasteiger partial charge on any atom is 0.414 e. The molecule has 32 heavy (non-hydrogen) atoms. The summed E-state index contributed by atoms with van der Waals surface area (Å²) in [5.74, 6) is -0.553. The summed E-state index contributed by atoms with van der Waals surface area (Å²) in [4.78, 5) is 26.7.